The lowest BCUT2D eigenvalue weighted by Gasteiger charge is -2.59. The molecule has 0 bridgehead atoms. The van der Waals surface area contributed by atoms with Gasteiger partial charge in [0.25, 0.3) is 5.69 Å². The van der Waals surface area contributed by atoms with E-state index in [0.717, 1.165) is 53.8 Å². The minimum absolute atomic E-state index is 0.0118. The number of nitro benzene ring substituents is 1. The number of ether oxygens (including phenoxy) is 4. The van der Waals surface area contributed by atoms with Crippen LogP contribution in [0, 0.1) is 34.8 Å². The molecule has 66 heavy (non-hydrogen) atoms. The Morgan fingerprint density at radius 3 is 2.44 bits per heavy atom. The third-order valence-corrected chi connectivity index (χ3v) is 12.8. The van der Waals surface area contributed by atoms with E-state index in [1.807, 2.05) is 74.5 Å². The summed E-state index contributed by atoms with van der Waals surface area (Å²) in [5.74, 6) is -0.968. The van der Waals surface area contributed by atoms with Crippen LogP contribution < -0.4 is 9.47 Å². The molecule has 1 aromatic heterocycles. The zero-order valence-corrected chi connectivity index (χ0v) is 38.0. The highest BCUT2D eigenvalue weighted by atomic mass is 16.7. The highest BCUT2D eigenvalue weighted by Crippen LogP contribution is 2.62. The molecule has 3 aliphatic rings. The lowest BCUT2D eigenvalue weighted by Crippen LogP contribution is -2.70. The van der Waals surface area contributed by atoms with Crippen LogP contribution in [0.3, 0.4) is 0 Å². The number of aliphatic hydroxyl groups is 2. The Balaban J connectivity index is 1.39. The Morgan fingerprint density at radius 1 is 0.970 bits per heavy atom. The number of oxime groups is 1. The Kier molecular flexibility index (Phi) is 16.6. The molecule has 1 aliphatic heterocycles. The fourth-order valence-corrected chi connectivity index (χ4v) is 9.89. The molecule has 14 heteroatoms. The predicted molar refractivity (Wildman–Crippen MR) is 250 cm³/mol. The van der Waals surface area contributed by atoms with Crippen LogP contribution in [0.5, 0.6) is 11.5 Å². The van der Waals surface area contributed by atoms with Crippen molar-refractivity contribution in [2.45, 2.75) is 103 Å². The second kappa shape index (κ2) is 22.9. The number of aromatic nitrogens is 1. The van der Waals surface area contributed by atoms with Gasteiger partial charge in [0.1, 0.15) is 37.4 Å². The molecule has 2 aliphatic carbocycles. The summed E-state index contributed by atoms with van der Waals surface area (Å²) in [5, 5.41) is 36.2. The van der Waals surface area contributed by atoms with Gasteiger partial charge in [-0.05, 0) is 110 Å². The van der Waals surface area contributed by atoms with Crippen LogP contribution in [0.4, 0.5) is 10.5 Å². The summed E-state index contributed by atoms with van der Waals surface area (Å²) in [6.45, 7) is 8.94. The normalized spacial score (nSPS) is 22.3. The van der Waals surface area contributed by atoms with Gasteiger partial charge in [0, 0.05) is 55.5 Å². The van der Waals surface area contributed by atoms with Crippen LogP contribution in [0.25, 0.3) is 0 Å². The standard InChI is InChI=1S/C52H62N4O10/c1-4-26-55(51(59)63-33-37-15-7-6-8-16-37)48-32-46(54-65-34-38-20-22-41(23-21-38)56(60)61)44-30-39(17-9-11-27-57)43(19-10-12-28-58)49-45-31-42(62-35-40-18-13-14-36(3)53-40)24-25-47(45)66-52(48,50(44)49)64-29-5-2/h5-8,13-16,18,20-25,30-31,39,43,48-50,57-58H,2,4,9-12,17,19,26-29,32-35H2,1,3H3/t39-,43+,48-,49+,50+,52+/m0/s1. The number of nitrogens with zero attached hydrogens (tertiary/aromatic N) is 4. The minimum atomic E-state index is -1.46. The van der Waals surface area contributed by atoms with Gasteiger partial charge in [-0.25, -0.2) is 4.79 Å². The van der Waals surface area contributed by atoms with Crippen molar-refractivity contribution in [3.63, 3.8) is 0 Å². The van der Waals surface area contributed by atoms with E-state index in [2.05, 4.69) is 23.7 Å². The molecule has 1 saturated carbocycles. The van der Waals surface area contributed by atoms with Crippen molar-refractivity contribution in [2.24, 2.45) is 22.9 Å². The van der Waals surface area contributed by atoms with E-state index in [1.54, 1.807) is 23.1 Å². The molecular weight excluding hydrogens is 841 g/mol. The number of carbonyl (C=O) groups excluding carboxylic acids is 1. The van der Waals surface area contributed by atoms with E-state index in [-0.39, 0.29) is 69.5 Å². The molecule has 0 spiro atoms. The maximum Gasteiger partial charge on any atom is 0.410 e. The largest absolute Gasteiger partial charge is 0.487 e. The Hall–Kier alpha value is -6.09. The quantitative estimate of drug-likeness (QED) is 0.0314. The number of pyridine rings is 1. The number of rotatable bonds is 23. The number of benzene rings is 3. The van der Waals surface area contributed by atoms with Crippen molar-refractivity contribution in [3.05, 3.63) is 153 Å². The van der Waals surface area contributed by atoms with Crippen molar-refractivity contribution < 1.29 is 43.7 Å². The van der Waals surface area contributed by atoms with Crippen LogP contribution in [0.1, 0.15) is 92.3 Å². The first kappa shape index (κ1) is 47.9. The maximum atomic E-state index is 14.6. The zero-order valence-electron chi connectivity index (χ0n) is 38.0. The molecule has 1 amide bonds. The number of allylic oxidation sites excluding steroid dienone is 1. The fourth-order valence-electron chi connectivity index (χ4n) is 9.89. The average molecular weight is 903 g/mol. The van der Waals surface area contributed by atoms with Crippen LogP contribution in [0.15, 0.2) is 120 Å². The molecule has 4 aromatic rings. The third-order valence-electron chi connectivity index (χ3n) is 12.8. The van der Waals surface area contributed by atoms with E-state index in [9.17, 15) is 25.1 Å². The van der Waals surface area contributed by atoms with E-state index < -0.39 is 28.8 Å². The fraction of sp³-hybridized carbons (Fsp3) is 0.442. The van der Waals surface area contributed by atoms with Crippen molar-refractivity contribution >= 4 is 17.5 Å². The smallest absolute Gasteiger partial charge is 0.410 e. The molecule has 0 unspecified atom stereocenters. The van der Waals surface area contributed by atoms with Gasteiger partial charge in [-0.15, -0.1) is 6.58 Å². The van der Waals surface area contributed by atoms with Gasteiger partial charge in [-0.2, -0.15) is 0 Å². The maximum absolute atomic E-state index is 14.6. The summed E-state index contributed by atoms with van der Waals surface area (Å²) in [4.78, 5) is 38.1. The highest BCUT2D eigenvalue weighted by Gasteiger charge is 2.65. The number of hydrogen-bond donors (Lipinski definition) is 2. The second-order valence-electron chi connectivity index (χ2n) is 17.3. The number of nitro groups is 1. The van der Waals surface area contributed by atoms with Crippen molar-refractivity contribution in [1.29, 1.82) is 0 Å². The number of non-ortho nitro benzene ring substituents is 1. The molecule has 14 nitrogen and oxygen atoms in total. The molecular formula is C52H62N4O10. The molecule has 6 atom stereocenters. The van der Waals surface area contributed by atoms with Crippen LogP contribution in [-0.4, -0.2) is 75.0 Å². The predicted octanol–water partition coefficient (Wildman–Crippen LogP) is 9.76. The topological polar surface area (TPSA) is 175 Å². The van der Waals surface area contributed by atoms with Gasteiger partial charge in [0.05, 0.1) is 28.9 Å². The number of carbonyl (C=O) groups is 1. The van der Waals surface area contributed by atoms with E-state index >= 15 is 0 Å². The second-order valence-corrected chi connectivity index (χ2v) is 17.3. The minimum Gasteiger partial charge on any atom is -0.487 e. The van der Waals surface area contributed by atoms with Gasteiger partial charge in [-0.3, -0.25) is 20.0 Å². The summed E-state index contributed by atoms with van der Waals surface area (Å²) >= 11 is 0. The van der Waals surface area contributed by atoms with Crippen LogP contribution >= 0.6 is 0 Å². The van der Waals surface area contributed by atoms with Gasteiger partial charge < -0.3 is 34.0 Å². The SMILES string of the molecule is C=CCO[C@@]12Oc3ccc(OCc4cccc(C)n4)cc3[C@H]3[C@H](CCCCO)[C@@H](CCCCO)C=C(C(=NOCc4ccc([N+](=O)[O-])cc4)C[C@@H]1N(CCC)C(=O)OCc1ccccc1)[C@H]32. The first-order valence-electron chi connectivity index (χ1n) is 23.2. The molecule has 2 heterocycles. The van der Waals surface area contributed by atoms with E-state index in [4.69, 9.17) is 28.9 Å². The zero-order chi connectivity index (χ0) is 46.5. The lowest BCUT2D eigenvalue weighted by molar-refractivity contribution is -0.384. The summed E-state index contributed by atoms with van der Waals surface area (Å²) in [6.07, 6.45) is 8.64. The Bertz CT molecular complexity index is 2320. The number of fused-ring (bicyclic) bond motifs is 2. The van der Waals surface area contributed by atoms with Crippen molar-refractivity contribution in [2.75, 3.05) is 26.4 Å². The molecule has 1 fully saturated rings. The molecule has 0 radical (unpaired) electrons. The molecule has 3 aromatic carbocycles. The van der Waals surface area contributed by atoms with Crippen molar-refractivity contribution in [3.8, 4) is 11.5 Å². The number of amides is 1. The Labute approximate surface area is 387 Å². The van der Waals surface area contributed by atoms with Crippen LogP contribution in [-0.2, 0) is 34.1 Å². The molecule has 7 rings (SSSR count). The number of aryl methyl sites for hydroxylation is 1. The van der Waals surface area contributed by atoms with Crippen LogP contribution in [0.2, 0.25) is 0 Å². The summed E-state index contributed by atoms with van der Waals surface area (Å²) in [6, 6.07) is 26.7. The molecule has 2 N–H and O–H groups in total. The number of unbranched alkanes of at least 4 members (excludes halogenated alkanes) is 2. The monoisotopic (exact) mass is 902 g/mol. The lowest BCUT2D eigenvalue weighted by atomic mass is 9.55. The highest BCUT2D eigenvalue weighted by molar-refractivity contribution is 6.03. The summed E-state index contributed by atoms with van der Waals surface area (Å²) < 4.78 is 27.0. The molecule has 350 valence electrons. The van der Waals surface area contributed by atoms with Gasteiger partial charge in [-0.1, -0.05) is 73.5 Å². The first-order valence-corrected chi connectivity index (χ1v) is 23.2. The van der Waals surface area contributed by atoms with Gasteiger partial charge in [0.15, 0.2) is 0 Å². The molecule has 0 saturated heterocycles. The Morgan fingerprint density at radius 2 is 1.73 bits per heavy atom. The number of hydrogen-bond acceptors (Lipinski definition) is 12. The van der Waals surface area contributed by atoms with E-state index in [1.165, 1.54) is 12.1 Å². The third kappa shape index (κ3) is 11.1. The van der Waals surface area contributed by atoms with Gasteiger partial charge in [0.2, 0.25) is 5.79 Å². The first-order chi connectivity index (χ1) is 32.2. The van der Waals surface area contributed by atoms with Crippen molar-refractivity contribution in [1.82, 2.24) is 9.88 Å². The summed E-state index contributed by atoms with van der Waals surface area (Å²) in [5.41, 5.74) is 5.65. The number of aliphatic hydroxyl groups excluding tert-OH is 2. The summed E-state index contributed by atoms with van der Waals surface area (Å²) in [7, 11) is 0. The van der Waals surface area contributed by atoms with E-state index in [0.29, 0.717) is 48.6 Å². The van der Waals surface area contributed by atoms with Gasteiger partial charge >= 0.3 is 6.09 Å². The average Bonchev–Trinajstić information content (AvgIpc) is 3.33.